The van der Waals surface area contributed by atoms with Gasteiger partial charge in [0.15, 0.2) is 0 Å². The highest BCUT2D eigenvalue weighted by Gasteiger charge is 2.09. The summed E-state index contributed by atoms with van der Waals surface area (Å²) in [5, 5.41) is 3.41. The Bertz CT molecular complexity index is 505. The number of ether oxygens (including phenoxy) is 1. The van der Waals surface area contributed by atoms with Crippen molar-refractivity contribution in [2.45, 2.75) is 6.42 Å². The lowest BCUT2D eigenvalue weighted by Crippen LogP contribution is -2.04. The Kier molecular flexibility index (Phi) is 5.28. The SMILES string of the molecule is COC(=O)c1cc(N)ccc1C=CCCN=[N+]=[N-]. The van der Waals surface area contributed by atoms with Crippen molar-refractivity contribution in [1.29, 1.82) is 0 Å². The number of hydrogen-bond donors (Lipinski definition) is 1. The Labute approximate surface area is 105 Å². The first-order valence-electron chi connectivity index (χ1n) is 5.34. The molecule has 0 aromatic heterocycles. The molecule has 0 aliphatic rings. The van der Waals surface area contributed by atoms with E-state index in [1.807, 2.05) is 6.08 Å². The van der Waals surface area contributed by atoms with Gasteiger partial charge < -0.3 is 10.5 Å². The molecule has 0 unspecified atom stereocenters. The topological polar surface area (TPSA) is 101 Å². The summed E-state index contributed by atoms with van der Waals surface area (Å²) in [4.78, 5) is 14.2. The smallest absolute Gasteiger partial charge is 0.338 e. The predicted molar refractivity (Wildman–Crippen MR) is 69.9 cm³/mol. The number of esters is 1. The zero-order valence-electron chi connectivity index (χ0n) is 10.0. The molecule has 1 rings (SSSR count). The van der Waals surface area contributed by atoms with E-state index in [4.69, 9.17) is 11.3 Å². The molecule has 0 spiro atoms. The summed E-state index contributed by atoms with van der Waals surface area (Å²) in [6, 6.07) is 5.02. The van der Waals surface area contributed by atoms with Gasteiger partial charge in [0.1, 0.15) is 0 Å². The van der Waals surface area contributed by atoms with Gasteiger partial charge in [-0.3, -0.25) is 0 Å². The maximum Gasteiger partial charge on any atom is 0.338 e. The number of carbonyl (C=O) groups excluding carboxylic acids is 1. The van der Waals surface area contributed by atoms with Crippen molar-refractivity contribution < 1.29 is 9.53 Å². The summed E-state index contributed by atoms with van der Waals surface area (Å²) >= 11 is 0. The second-order valence-electron chi connectivity index (χ2n) is 3.48. The molecule has 0 aliphatic heterocycles. The Morgan fingerprint density at radius 3 is 3.06 bits per heavy atom. The maximum atomic E-state index is 11.5. The molecule has 0 bridgehead atoms. The van der Waals surface area contributed by atoms with Crippen LogP contribution in [-0.4, -0.2) is 19.6 Å². The third-order valence-electron chi connectivity index (χ3n) is 2.24. The van der Waals surface area contributed by atoms with Crippen molar-refractivity contribution in [3.63, 3.8) is 0 Å². The number of nitrogens with zero attached hydrogens (tertiary/aromatic N) is 3. The normalized spacial score (nSPS) is 10.1. The lowest BCUT2D eigenvalue weighted by Gasteiger charge is -2.05. The number of rotatable bonds is 5. The summed E-state index contributed by atoms with van der Waals surface area (Å²) in [5.41, 5.74) is 15.4. The zero-order valence-corrected chi connectivity index (χ0v) is 10.0. The molecule has 1 aromatic rings. The van der Waals surface area contributed by atoms with Crippen molar-refractivity contribution in [3.05, 3.63) is 45.8 Å². The van der Waals surface area contributed by atoms with E-state index in [2.05, 4.69) is 14.8 Å². The highest BCUT2D eigenvalue weighted by atomic mass is 16.5. The van der Waals surface area contributed by atoms with Crippen LogP contribution in [0.4, 0.5) is 5.69 Å². The average molecular weight is 246 g/mol. The van der Waals surface area contributed by atoms with Crippen molar-refractivity contribution in [1.82, 2.24) is 0 Å². The highest BCUT2D eigenvalue weighted by molar-refractivity contribution is 5.94. The van der Waals surface area contributed by atoms with Crippen LogP contribution >= 0.6 is 0 Å². The average Bonchev–Trinajstić information content (AvgIpc) is 2.39. The molecule has 0 saturated heterocycles. The summed E-state index contributed by atoms with van der Waals surface area (Å²) in [6.07, 6.45) is 4.21. The van der Waals surface area contributed by atoms with Crippen LogP contribution < -0.4 is 5.73 Å². The number of nitrogen functional groups attached to an aromatic ring is 1. The first-order valence-corrected chi connectivity index (χ1v) is 5.34. The molecule has 0 radical (unpaired) electrons. The van der Waals surface area contributed by atoms with Crippen LogP contribution in [0.25, 0.3) is 16.5 Å². The van der Waals surface area contributed by atoms with Crippen LogP contribution in [0.5, 0.6) is 0 Å². The molecule has 0 amide bonds. The third kappa shape index (κ3) is 3.84. The Hall–Kier alpha value is -2.46. The van der Waals surface area contributed by atoms with E-state index in [9.17, 15) is 4.79 Å². The second kappa shape index (κ2) is 6.98. The molecule has 0 fully saturated rings. The van der Waals surface area contributed by atoms with Crippen LogP contribution in [0, 0.1) is 0 Å². The van der Waals surface area contributed by atoms with Gasteiger partial charge in [0.05, 0.1) is 12.7 Å². The number of carbonyl (C=O) groups is 1. The Morgan fingerprint density at radius 1 is 1.61 bits per heavy atom. The summed E-state index contributed by atoms with van der Waals surface area (Å²) < 4.78 is 4.68. The minimum atomic E-state index is -0.433. The standard InChI is InChI=1S/C12H14N4O2/c1-18-12(17)11-8-10(13)6-5-9(11)4-2-3-7-15-16-14/h2,4-6,8H,3,7,13H2,1H3. The van der Waals surface area contributed by atoms with Crippen molar-refractivity contribution >= 4 is 17.7 Å². The van der Waals surface area contributed by atoms with Crippen molar-refractivity contribution in [2.24, 2.45) is 5.11 Å². The van der Waals surface area contributed by atoms with Gasteiger partial charge in [-0.05, 0) is 29.6 Å². The molecule has 0 saturated carbocycles. The number of benzene rings is 1. The molecule has 6 heteroatoms. The van der Waals surface area contributed by atoms with E-state index in [1.165, 1.54) is 7.11 Å². The molecule has 0 heterocycles. The van der Waals surface area contributed by atoms with Crippen LogP contribution in [0.3, 0.4) is 0 Å². The fraction of sp³-hybridized carbons (Fsp3) is 0.250. The Morgan fingerprint density at radius 2 is 2.39 bits per heavy atom. The van der Waals surface area contributed by atoms with E-state index in [-0.39, 0.29) is 0 Å². The van der Waals surface area contributed by atoms with E-state index >= 15 is 0 Å². The molecule has 0 atom stereocenters. The van der Waals surface area contributed by atoms with Crippen LogP contribution in [0.2, 0.25) is 0 Å². The van der Waals surface area contributed by atoms with Gasteiger partial charge in [-0.1, -0.05) is 23.3 Å². The van der Waals surface area contributed by atoms with Gasteiger partial charge in [-0.15, -0.1) is 0 Å². The molecule has 0 aliphatic carbocycles. The minimum absolute atomic E-state index is 0.384. The largest absolute Gasteiger partial charge is 0.465 e. The van der Waals surface area contributed by atoms with Gasteiger partial charge >= 0.3 is 5.97 Å². The number of nitrogens with two attached hydrogens (primary N) is 1. The summed E-state index contributed by atoms with van der Waals surface area (Å²) in [6.45, 7) is 0.384. The van der Waals surface area contributed by atoms with Crippen LogP contribution in [0.1, 0.15) is 22.3 Å². The van der Waals surface area contributed by atoms with Crippen LogP contribution in [-0.2, 0) is 4.74 Å². The van der Waals surface area contributed by atoms with Gasteiger partial charge in [0.25, 0.3) is 0 Å². The van der Waals surface area contributed by atoms with E-state index < -0.39 is 5.97 Å². The zero-order chi connectivity index (χ0) is 13.4. The van der Waals surface area contributed by atoms with Gasteiger partial charge in [0.2, 0.25) is 0 Å². The number of anilines is 1. The highest BCUT2D eigenvalue weighted by Crippen LogP contribution is 2.16. The van der Waals surface area contributed by atoms with E-state index in [1.54, 1.807) is 24.3 Å². The fourth-order valence-corrected chi connectivity index (χ4v) is 1.39. The van der Waals surface area contributed by atoms with Gasteiger partial charge in [0, 0.05) is 17.1 Å². The van der Waals surface area contributed by atoms with Crippen molar-refractivity contribution in [3.8, 4) is 0 Å². The first-order chi connectivity index (χ1) is 8.69. The molecular formula is C12H14N4O2. The fourth-order valence-electron chi connectivity index (χ4n) is 1.39. The monoisotopic (exact) mass is 246 g/mol. The van der Waals surface area contributed by atoms with Crippen molar-refractivity contribution in [2.75, 3.05) is 19.4 Å². The van der Waals surface area contributed by atoms with E-state index in [0.717, 1.165) is 5.56 Å². The predicted octanol–water partition coefficient (Wildman–Crippen LogP) is 2.77. The minimum Gasteiger partial charge on any atom is -0.465 e. The molecule has 94 valence electrons. The number of azide groups is 1. The second-order valence-corrected chi connectivity index (χ2v) is 3.48. The Balaban J connectivity index is 2.87. The maximum absolute atomic E-state index is 11.5. The van der Waals surface area contributed by atoms with Crippen LogP contribution in [0.15, 0.2) is 29.4 Å². The molecule has 1 aromatic carbocycles. The molecule has 18 heavy (non-hydrogen) atoms. The number of hydrogen-bond acceptors (Lipinski definition) is 4. The molecule has 2 N–H and O–H groups in total. The lowest BCUT2D eigenvalue weighted by atomic mass is 10.1. The quantitative estimate of drug-likeness (QED) is 0.216. The molecular weight excluding hydrogens is 232 g/mol. The van der Waals surface area contributed by atoms with Gasteiger partial charge in [-0.25, -0.2) is 4.79 Å². The van der Waals surface area contributed by atoms with E-state index in [0.29, 0.717) is 24.2 Å². The third-order valence-corrected chi connectivity index (χ3v) is 2.24. The first kappa shape index (κ1) is 13.6. The molecule has 6 nitrogen and oxygen atoms in total. The van der Waals surface area contributed by atoms with Gasteiger partial charge in [-0.2, -0.15) is 0 Å². The lowest BCUT2D eigenvalue weighted by molar-refractivity contribution is 0.0600. The summed E-state index contributed by atoms with van der Waals surface area (Å²) in [7, 11) is 1.32. The number of methoxy groups -OCH3 is 1. The summed E-state index contributed by atoms with van der Waals surface area (Å²) in [5.74, 6) is -0.433.